The van der Waals surface area contributed by atoms with E-state index in [2.05, 4.69) is 30.0 Å². The number of piperidine rings is 1. The van der Waals surface area contributed by atoms with Crippen molar-refractivity contribution in [1.29, 1.82) is 0 Å². The van der Waals surface area contributed by atoms with E-state index in [4.69, 9.17) is 0 Å². The number of aryl methyl sites for hydroxylation is 3. The summed E-state index contributed by atoms with van der Waals surface area (Å²) in [6.07, 6.45) is 4.93. The molecule has 10 nitrogen and oxygen atoms in total. The van der Waals surface area contributed by atoms with Gasteiger partial charge in [-0.2, -0.15) is 5.10 Å². The summed E-state index contributed by atoms with van der Waals surface area (Å²) in [4.78, 5) is 28.0. The van der Waals surface area contributed by atoms with Crippen LogP contribution in [-0.2, 0) is 7.05 Å². The monoisotopic (exact) mass is 405 g/mol. The van der Waals surface area contributed by atoms with E-state index in [1.807, 2.05) is 31.5 Å². The van der Waals surface area contributed by atoms with E-state index < -0.39 is 0 Å². The van der Waals surface area contributed by atoms with E-state index in [1.54, 1.807) is 34.2 Å². The van der Waals surface area contributed by atoms with Gasteiger partial charge in [0, 0.05) is 31.9 Å². The molecule has 154 valence electrons. The molecule has 0 saturated carbocycles. The molecule has 0 radical (unpaired) electrons. The Hall–Kier alpha value is -3.56. The Bertz CT molecular complexity index is 1280. The lowest BCUT2D eigenvalue weighted by Gasteiger charge is -2.33. The van der Waals surface area contributed by atoms with Gasteiger partial charge < -0.3 is 9.47 Å². The SMILES string of the molecule is Cc1cc(C)n(-c2ccc(=O)n(C3CCN(c4ncnc5c4ncn5C)CC3)n2)n1. The van der Waals surface area contributed by atoms with E-state index >= 15 is 0 Å². The number of hydrogen-bond donors (Lipinski definition) is 0. The number of hydrogen-bond acceptors (Lipinski definition) is 7. The Kier molecular flexibility index (Phi) is 4.34. The van der Waals surface area contributed by atoms with Gasteiger partial charge in [-0.3, -0.25) is 4.79 Å². The van der Waals surface area contributed by atoms with Crippen molar-refractivity contribution in [2.75, 3.05) is 18.0 Å². The van der Waals surface area contributed by atoms with Gasteiger partial charge in [0.25, 0.3) is 5.56 Å². The molecule has 0 unspecified atom stereocenters. The molecule has 0 atom stereocenters. The average molecular weight is 405 g/mol. The molecule has 30 heavy (non-hydrogen) atoms. The Morgan fingerprint density at radius 1 is 1.03 bits per heavy atom. The maximum absolute atomic E-state index is 12.5. The van der Waals surface area contributed by atoms with Gasteiger partial charge >= 0.3 is 0 Å². The van der Waals surface area contributed by atoms with Gasteiger partial charge in [0.1, 0.15) is 6.33 Å². The zero-order valence-corrected chi connectivity index (χ0v) is 17.2. The summed E-state index contributed by atoms with van der Waals surface area (Å²) in [7, 11) is 1.92. The van der Waals surface area contributed by atoms with Crippen LogP contribution in [0.1, 0.15) is 30.3 Å². The summed E-state index contributed by atoms with van der Waals surface area (Å²) in [5.41, 5.74) is 3.44. The van der Waals surface area contributed by atoms with Crippen molar-refractivity contribution in [1.82, 2.24) is 39.1 Å². The van der Waals surface area contributed by atoms with Crippen molar-refractivity contribution >= 4 is 17.0 Å². The first kappa shape index (κ1) is 18.5. The molecule has 5 rings (SSSR count). The molecule has 0 amide bonds. The maximum Gasteiger partial charge on any atom is 0.267 e. The Morgan fingerprint density at radius 3 is 2.57 bits per heavy atom. The summed E-state index contributed by atoms with van der Waals surface area (Å²) in [5.74, 6) is 1.50. The zero-order chi connectivity index (χ0) is 20.8. The minimum atomic E-state index is -0.0899. The van der Waals surface area contributed by atoms with Crippen LogP contribution in [0.15, 0.2) is 35.6 Å². The molecule has 10 heteroatoms. The molecule has 1 aliphatic heterocycles. The second-order valence-electron chi connectivity index (χ2n) is 7.76. The molecule has 5 heterocycles. The van der Waals surface area contributed by atoms with Gasteiger partial charge in [0.15, 0.2) is 22.8 Å². The number of aromatic nitrogens is 8. The summed E-state index contributed by atoms with van der Waals surface area (Å²) in [6, 6.07) is 5.33. The van der Waals surface area contributed by atoms with Crippen molar-refractivity contribution in [2.24, 2.45) is 7.05 Å². The van der Waals surface area contributed by atoms with Gasteiger partial charge in [-0.15, -0.1) is 5.10 Å². The van der Waals surface area contributed by atoms with Gasteiger partial charge in [0.2, 0.25) is 0 Å². The molecule has 0 N–H and O–H groups in total. The predicted molar refractivity (Wildman–Crippen MR) is 112 cm³/mol. The highest BCUT2D eigenvalue weighted by atomic mass is 16.1. The number of imidazole rings is 1. The molecule has 0 bridgehead atoms. The van der Waals surface area contributed by atoms with Crippen LogP contribution in [0.5, 0.6) is 0 Å². The van der Waals surface area contributed by atoms with Crippen LogP contribution < -0.4 is 10.5 Å². The summed E-state index contributed by atoms with van der Waals surface area (Å²) in [6.45, 7) is 5.47. The largest absolute Gasteiger partial charge is 0.354 e. The number of nitrogens with zero attached hydrogens (tertiary/aromatic N) is 9. The minimum Gasteiger partial charge on any atom is -0.354 e. The molecule has 4 aromatic rings. The fourth-order valence-corrected chi connectivity index (χ4v) is 4.14. The van der Waals surface area contributed by atoms with E-state index in [9.17, 15) is 4.79 Å². The molecular formula is C20H23N9O. The lowest BCUT2D eigenvalue weighted by molar-refractivity contribution is 0.351. The molecule has 1 aliphatic rings. The van der Waals surface area contributed by atoms with Crippen LogP contribution >= 0.6 is 0 Å². The molecular weight excluding hydrogens is 382 g/mol. The average Bonchev–Trinajstić information content (AvgIpc) is 3.30. The standard InChI is InChI=1S/C20H23N9O/c1-13-10-14(2)28(24-13)16-4-5-17(30)29(25-16)15-6-8-27(9-7-15)20-18-19(21-11-22-20)26(3)12-23-18/h4-5,10-12,15H,6-9H2,1-3H3. The van der Waals surface area contributed by atoms with Gasteiger partial charge in [-0.05, 0) is 38.8 Å². The quantitative estimate of drug-likeness (QED) is 0.510. The lowest BCUT2D eigenvalue weighted by atomic mass is 10.1. The Balaban J connectivity index is 1.40. The van der Waals surface area contributed by atoms with Crippen LogP contribution in [0.25, 0.3) is 17.0 Å². The van der Waals surface area contributed by atoms with Gasteiger partial charge in [0.05, 0.1) is 18.1 Å². The third kappa shape index (κ3) is 3.04. The summed E-state index contributed by atoms with van der Waals surface area (Å²) < 4.78 is 5.28. The topological polar surface area (TPSA) is 99.6 Å². The maximum atomic E-state index is 12.5. The third-order valence-corrected chi connectivity index (χ3v) is 5.63. The van der Waals surface area contributed by atoms with Crippen LogP contribution in [0.4, 0.5) is 5.82 Å². The van der Waals surface area contributed by atoms with Crippen molar-refractivity contribution in [3.8, 4) is 5.82 Å². The van der Waals surface area contributed by atoms with E-state index in [0.29, 0.717) is 5.82 Å². The van der Waals surface area contributed by atoms with Crippen LogP contribution in [0, 0.1) is 13.8 Å². The van der Waals surface area contributed by atoms with Crippen LogP contribution in [0.3, 0.4) is 0 Å². The van der Waals surface area contributed by atoms with Crippen molar-refractivity contribution in [2.45, 2.75) is 32.7 Å². The van der Waals surface area contributed by atoms with Gasteiger partial charge in [-0.1, -0.05) is 0 Å². The smallest absolute Gasteiger partial charge is 0.267 e. The van der Waals surface area contributed by atoms with Crippen molar-refractivity contribution in [3.63, 3.8) is 0 Å². The van der Waals surface area contributed by atoms with Crippen LogP contribution in [-0.4, -0.2) is 52.2 Å². The number of fused-ring (bicyclic) bond motifs is 1. The molecule has 4 aromatic heterocycles. The fourth-order valence-electron chi connectivity index (χ4n) is 4.14. The van der Waals surface area contributed by atoms with Crippen LogP contribution in [0.2, 0.25) is 0 Å². The molecule has 0 aliphatic carbocycles. The van der Waals surface area contributed by atoms with Gasteiger partial charge in [-0.25, -0.2) is 24.3 Å². The Morgan fingerprint density at radius 2 is 1.83 bits per heavy atom. The fraction of sp³-hybridized carbons (Fsp3) is 0.400. The van der Waals surface area contributed by atoms with E-state index in [-0.39, 0.29) is 11.6 Å². The molecule has 1 saturated heterocycles. The summed E-state index contributed by atoms with van der Waals surface area (Å²) >= 11 is 0. The second-order valence-corrected chi connectivity index (χ2v) is 7.76. The normalized spacial score (nSPS) is 15.2. The predicted octanol–water partition coefficient (Wildman–Crippen LogP) is 1.56. The molecule has 0 aromatic carbocycles. The first-order valence-electron chi connectivity index (χ1n) is 10.0. The zero-order valence-electron chi connectivity index (χ0n) is 17.2. The molecule has 0 spiro atoms. The van der Waals surface area contributed by atoms with E-state index in [0.717, 1.165) is 54.3 Å². The van der Waals surface area contributed by atoms with Crippen molar-refractivity contribution in [3.05, 3.63) is 52.6 Å². The third-order valence-electron chi connectivity index (χ3n) is 5.63. The Labute approximate surface area is 172 Å². The first-order valence-corrected chi connectivity index (χ1v) is 10.0. The number of rotatable bonds is 3. The second kappa shape index (κ2) is 7.05. The highest BCUT2D eigenvalue weighted by Crippen LogP contribution is 2.27. The lowest BCUT2D eigenvalue weighted by Crippen LogP contribution is -2.39. The van der Waals surface area contributed by atoms with E-state index in [1.165, 1.54) is 0 Å². The minimum absolute atomic E-state index is 0.0340. The first-order chi connectivity index (χ1) is 14.5. The highest BCUT2D eigenvalue weighted by Gasteiger charge is 2.25. The highest BCUT2D eigenvalue weighted by molar-refractivity contribution is 5.83. The van der Waals surface area contributed by atoms with Crippen molar-refractivity contribution < 1.29 is 0 Å². The number of anilines is 1. The summed E-state index contributed by atoms with van der Waals surface area (Å²) in [5, 5.41) is 9.12. The molecule has 1 fully saturated rings.